The topological polar surface area (TPSA) is 66.7 Å². The van der Waals surface area contributed by atoms with Crippen molar-refractivity contribution >= 4 is 32.8 Å². The van der Waals surface area contributed by atoms with Crippen molar-refractivity contribution in [2.24, 2.45) is 0 Å². The summed E-state index contributed by atoms with van der Waals surface area (Å²) in [5, 5.41) is 0.456. The van der Waals surface area contributed by atoms with E-state index >= 15 is 0 Å². The monoisotopic (exact) mass is 441 g/mol. The van der Waals surface area contributed by atoms with E-state index in [1.807, 2.05) is 32.3 Å². The number of carbonyl (C=O) groups is 1. The third kappa shape index (κ3) is 3.25. The highest BCUT2D eigenvalue weighted by atomic mass is 79.9. The smallest absolute Gasteiger partial charge is 0.290 e. The first-order valence-corrected chi connectivity index (χ1v) is 9.89. The third-order valence-electron chi connectivity index (χ3n) is 4.90. The van der Waals surface area contributed by atoms with Gasteiger partial charge in [-0.05, 0) is 57.4 Å². The number of aromatic nitrogens is 1. The Hall–Kier alpha value is -2.51. The molecule has 1 unspecified atom stereocenters. The van der Waals surface area contributed by atoms with Gasteiger partial charge in [0.05, 0.1) is 16.6 Å². The second-order valence-electron chi connectivity index (χ2n) is 7.13. The van der Waals surface area contributed by atoms with E-state index in [1.54, 1.807) is 29.3 Å². The first-order valence-electron chi connectivity index (χ1n) is 9.10. The van der Waals surface area contributed by atoms with Crippen molar-refractivity contribution in [3.05, 3.63) is 74.3 Å². The van der Waals surface area contributed by atoms with E-state index in [9.17, 15) is 9.59 Å². The molecule has 1 aliphatic rings. The molecule has 7 heteroatoms. The first-order chi connectivity index (χ1) is 13.5. The highest BCUT2D eigenvalue weighted by molar-refractivity contribution is 9.10. The molecule has 144 valence electrons. The summed E-state index contributed by atoms with van der Waals surface area (Å²) in [4.78, 5) is 34.7. The molecule has 0 bridgehead atoms. The second-order valence-corrected chi connectivity index (χ2v) is 8.04. The van der Waals surface area contributed by atoms with E-state index in [-0.39, 0.29) is 17.1 Å². The number of hydrogen-bond donors (Lipinski definition) is 0. The zero-order valence-corrected chi connectivity index (χ0v) is 17.3. The summed E-state index contributed by atoms with van der Waals surface area (Å²) >= 11 is 3.40. The quantitative estimate of drug-likeness (QED) is 0.606. The van der Waals surface area contributed by atoms with Gasteiger partial charge in [-0.25, -0.2) is 0 Å². The lowest BCUT2D eigenvalue weighted by molar-refractivity contribution is 0.0720. The molecule has 0 radical (unpaired) electrons. The Morgan fingerprint density at radius 1 is 1.21 bits per heavy atom. The number of amides is 1. The summed E-state index contributed by atoms with van der Waals surface area (Å²) in [6, 6.07) is 10.2. The molecule has 0 saturated carbocycles. The van der Waals surface area contributed by atoms with Crippen molar-refractivity contribution in [1.82, 2.24) is 14.8 Å². The highest BCUT2D eigenvalue weighted by Crippen LogP contribution is 2.37. The molecule has 0 aliphatic carbocycles. The van der Waals surface area contributed by atoms with Crippen LogP contribution >= 0.6 is 15.9 Å². The number of hydrogen-bond acceptors (Lipinski definition) is 5. The van der Waals surface area contributed by atoms with Crippen LogP contribution < -0.4 is 5.43 Å². The number of nitrogens with zero attached hydrogens (tertiary/aromatic N) is 3. The molecule has 1 aromatic carbocycles. The highest BCUT2D eigenvalue weighted by Gasteiger charge is 2.43. The Labute approximate surface area is 170 Å². The van der Waals surface area contributed by atoms with E-state index in [4.69, 9.17) is 4.42 Å². The van der Waals surface area contributed by atoms with Gasteiger partial charge in [-0.15, -0.1) is 0 Å². The molecular weight excluding hydrogens is 422 g/mol. The van der Waals surface area contributed by atoms with Crippen LogP contribution in [0.3, 0.4) is 0 Å². The van der Waals surface area contributed by atoms with Gasteiger partial charge in [-0.3, -0.25) is 14.6 Å². The van der Waals surface area contributed by atoms with E-state index in [1.165, 1.54) is 0 Å². The van der Waals surface area contributed by atoms with Gasteiger partial charge in [-0.1, -0.05) is 22.0 Å². The Balaban J connectivity index is 1.88. The molecule has 0 fully saturated rings. The summed E-state index contributed by atoms with van der Waals surface area (Å²) in [6.45, 7) is 1.35. The Morgan fingerprint density at radius 2 is 2.04 bits per heavy atom. The van der Waals surface area contributed by atoms with Crippen LogP contribution in [0.1, 0.15) is 34.3 Å². The zero-order chi connectivity index (χ0) is 19.8. The molecule has 3 aromatic rings. The lowest BCUT2D eigenvalue weighted by atomic mass is 10.0. The number of pyridine rings is 1. The van der Waals surface area contributed by atoms with Crippen LogP contribution in [0.5, 0.6) is 0 Å². The van der Waals surface area contributed by atoms with E-state index < -0.39 is 6.04 Å². The lowest BCUT2D eigenvalue weighted by Crippen LogP contribution is -2.32. The normalized spacial score (nSPS) is 16.2. The average molecular weight is 442 g/mol. The van der Waals surface area contributed by atoms with Crippen molar-refractivity contribution in [1.29, 1.82) is 0 Å². The van der Waals surface area contributed by atoms with Crippen LogP contribution in [0.4, 0.5) is 0 Å². The molecule has 1 atom stereocenters. The molecule has 6 nitrogen and oxygen atoms in total. The standard InChI is InChI=1S/C21H20BrN3O3/c1-24(2)10-5-11-25-18(15-6-3-4-9-23-15)17-19(26)14-12-13(22)7-8-16(14)28-20(17)21(25)27/h3-4,6-9,12,18H,5,10-11H2,1-2H3. The molecule has 0 saturated heterocycles. The van der Waals surface area contributed by atoms with Gasteiger partial charge in [0.1, 0.15) is 11.6 Å². The summed E-state index contributed by atoms with van der Waals surface area (Å²) in [5.74, 6) is -0.133. The van der Waals surface area contributed by atoms with E-state index in [2.05, 4.69) is 25.8 Å². The maximum Gasteiger partial charge on any atom is 0.290 e. The average Bonchev–Trinajstić information content (AvgIpc) is 2.95. The number of fused-ring (bicyclic) bond motifs is 2. The molecule has 4 rings (SSSR count). The van der Waals surface area contributed by atoms with Gasteiger partial charge in [0.2, 0.25) is 5.76 Å². The van der Waals surface area contributed by atoms with Crippen molar-refractivity contribution in [2.75, 3.05) is 27.2 Å². The van der Waals surface area contributed by atoms with Crippen molar-refractivity contribution in [3.63, 3.8) is 0 Å². The molecule has 0 N–H and O–H groups in total. The van der Waals surface area contributed by atoms with Gasteiger partial charge < -0.3 is 14.2 Å². The predicted octanol–water partition coefficient (Wildman–Crippen LogP) is 3.45. The summed E-state index contributed by atoms with van der Waals surface area (Å²) in [7, 11) is 3.99. The molecule has 3 heterocycles. The molecule has 28 heavy (non-hydrogen) atoms. The minimum Gasteiger partial charge on any atom is -0.450 e. The zero-order valence-electron chi connectivity index (χ0n) is 15.7. The number of rotatable bonds is 5. The number of carbonyl (C=O) groups excluding carboxylic acids is 1. The van der Waals surface area contributed by atoms with Crippen LogP contribution in [0.15, 0.2) is 56.3 Å². The molecule has 1 aliphatic heterocycles. The summed E-state index contributed by atoms with van der Waals surface area (Å²) in [6.07, 6.45) is 2.46. The third-order valence-corrected chi connectivity index (χ3v) is 5.39. The van der Waals surface area contributed by atoms with Gasteiger partial charge in [-0.2, -0.15) is 0 Å². The first kappa shape index (κ1) is 18.8. The van der Waals surface area contributed by atoms with Gasteiger partial charge >= 0.3 is 0 Å². The van der Waals surface area contributed by atoms with Crippen LogP contribution in [0, 0.1) is 0 Å². The van der Waals surface area contributed by atoms with Crippen LogP contribution in [0.2, 0.25) is 0 Å². The maximum atomic E-state index is 13.3. The Morgan fingerprint density at radius 3 is 2.75 bits per heavy atom. The number of benzene rings is 1. The Kier molecular flexibility index (Phi) is 5.03. The minimum absolute atomic E-state index is 0.125. The van der Waals surface area contributed by atoms with E-state index in [0.29, 0.717) is 28.8 Å². The van der Waals surface area contributed by atoms with Crippen LogP contribution in [-0.2, 0) is 0 Å². The largest absolute Gasteiger partial charge is 0.450 e. The fourth-order valence-electron chi connectivity index (χ4n) is 3.63. The minimum atomic E-state index is -0.537. The van der Waals surface area contributed by atoms with Gasteiger partial charge in [0.25, 0.3) is 5.91 Å². The fourth-order valence-corrected chi connectivity index (χ4v) is 3.99. The summed E-state index contributed by atoms with van der Waals surface area (Å²) < 4.78 is 6.70. The molecule has 2 aromatic heterocycles. The van der Waals surface area contributed by atoms with Crippen LogP contribution in [-0.4, -0.2) is 47.9 Å². The number of halogens is 1. The molecular formula is C21H20BrN3O3. The summed E-state index contributed by atoms with van der Waals surface area (Å²) in [5.41, 5.74) is 1.27. The molecule has 1 amide bonds. The molecule has 0 spiro atoms. The van der Waals surface area contributed by atoms with Crippen molar-refractivity contribution in [2.45, 2.75) is 12.5 Å². The maximum absolute atomic E-state index is 13.3. The van der Waals surface area contributed by atoms with E-state index in [0.717, 1.165) is 17.4 Å². The lowest BCUT2D eigenvalue weighted by Gasteiger charge is -2.24. The fraction of sp³-hybridized carbons (Fsp3) is 0.286. The SMILES string of the molecule is CN(C)CCCN1C(=O)c2oc3ccc(Br)cc3c(=O)c2C1c1ccccn1. The van der Waals surface area contributed by atoms with Crippen LogP contribution in [0.25, 0.3) is 11.0 Å². The van der Waals surface area contributed by atoms with Gasteiger partial charge in [0.15, 0.2) is 5.43 Å². The van der Waals surface area contributed by atoms with Gasteiger partial charge in [0, 0.05) is 17.2 Å². The second kappa shape index (κ2) is 7.48. The van der Waals surface area contributed by atoms with Crippen molar-refractivity contribution < 1.29 is 9.21 Å². The Bertz CT molecular complexity index is 1100. The predicted molar refractivity (Wildman–Crippen MR) is 110 cm³/mol. The van der Waals surface area contributed by atoms with Crippen molar-refractivity contribution in [3.8, 4) is 0 Å².